The summed E-state index contributed by atoms with van der Waals surface area (Å²) >= 11 is 1.67. The second kappa shape index (κ2) is 6.52. The van der Waals surface area contributed by atoms with Gasteiger partial charge in [-0.05, 0) is 24.0 Å². The summed E-state index contributed by atoms with van der Waals surface area (Å²) < 4.78 is 0. The molecule has 0 aliphatic rings. The van der Waals surface area contributed by atoms with E-state index in [4.69, 9.17) is 5.73 Å². The minimum atomic E-state index is 0.200. The Bertz CT molecular complexity index is 569. The SMILES string of the molecule is CCCCC(c1nnc(-c2ccc(N)nc2)s1)C(C)(C)C. The number of nitrogen functional groups attached to an aromatic ring is 1. The molecule has 1 atom stereocenters. The summed E-state index contributed by atoms with van der Waals surface area (Å²) in [5.41, 5.74) is 6.81. The molecule has 0 aromatic carbocycles. The van der Waals surface area contributed by atoms with Crippen LogP contribution in [0.4, 0.5) is 5.82 Å². The molecule has 21 heavy (non-hydrogen) atoms. The van der Waals surface area contributed by atoms with Crippen LogP contribution in [0.2, 0.25) is 0 Å². The van der Waals surface area contributed by atoms with Crippen LogP contribution in [0.3, 0.4) is 0 Å². The lowest BCUT2D eigenvalue weighted by Gasteiger charge is -2.28. The highest BCUT2D eigenvalue weighted by molar-refractivity contribution is 7.14. The molecule has 2 rings (SSSR count). The van der Waals surface area contributed by atoms with Crippen LogP contribution in [0, 0.1) is 5.41 Å². The van der Waals surface area contributed by atoms with Gasteiger partial charge in [-0.3, -0.25) is 0 Å². The summed E-state index contributed by atoms with van der Waals surface area (Å²) in [5.74, 6) is 0.976. The van der Waals surface area contributed by atoms with Gasteiger partial charge in [-0.15, -0.1) is 10.2 Å². The Morgan fingerprint density at radius 2 is 2.00 bits per heavy atom. The molecule has 2 aromatic heterocycles. The molecule has 1 unspecified atom stereocenters. The fourth-order valence-electron chi connectivity index (χ4n) is 2.36. The lowest BCUT2D eigenvalue weighted by molar-refractivity contribution is 0.297. The normalized spacial score (nSPS) is 13.3. The van der Waals surface area contributed by atoms with Crippen molar-refractivity contribution in [1.82, 2.24) is 15.2 Å². The van der Waals surface area contributed by atoms with Gasteiger partial charge < -0.3 is 5.73 Å². The van der Waals surface area contributed by atoms with Gasteiger partial charge in [-0.1, -0.05) is 51.9 Å². The van der Waals surface area contributed by atoms with Crippen molar-refractivity contribution in [3.63, 3.8) is 0 Å². The number of unbranched alkanes of at least 4 members (excludes halogenated alkanes) is 1. The Morgan fingerprint density at radius 1 is 1.24 bits per heavy atom. The van der Waals surface area contributed by atoms with Gasteiger partial charge in [0.05, 0.1) is 0 Å². The fraction of sp³-hybridized carbons (Fsp3) is 0.562. The fourth-order valence-corrected chi connectivity index (χ4v) is 3.57. The molecule has 0 radical (unpaired) electrons. The zero-order chi connectivity index (χ0) is 15.5. The van der Waals surface area contributed by atoms with Gasteiger partial charge in [0.2, 0.25) is 0 Å². The number of hydrogen-bond acceptors (Lipinski definition) is 5. The lowest BCUT2D eigenvalue weighted by atomic mass is 9.78. The third-order valence-electron chi connectivity index (χ3n) is 3.66. The van der Waals surface area contributed by atoms with Gasteiger partial charge in [0.1, 0.15) is 15.8 Å². The zero-order valence-electron chi connectivity index (χ0n) is 13.3. The van der Waals surface area contributed by atoms with Gasteiger partial charge in [-0.2, -0.15) is 0 Å². The molecule has 0 bridgehead atoms. The van der Waals surface area contributed by atoms with E-state index in [0.29, 0.717) is 11.7 Å². The number of aromatic nitrogens is 3. The number of nitrogens with two attached hydrogens (primary N) is 1. The van der Waals surface area contributed by atoms with Crippen LogP contribution < -0.4 is 5.73 Å². The molecule has 0 fully saturated rings. The Balaban J connectivity index is 2.25. The second-order valence-electron chi connectivity index (χ2n) is 6.48. The number of pyridine rings is 1. The van der Waals surface area contributed by atoms with E-state index in [-0.39, 0.29) is 5.41 Å². The first-order valence-electron chi connectivity index (χ1n) is 7.47. The third-order valence-corrected chi connectivity index (χ3v) is 4.75. The maximum absolute atomic E-state index is 5.63. The standard InChI is InChI=1S/C16H24N4S/c1-5-6-7-12(16(2,3)4)15-20-19-14(21-15)11-8-9-13(17)18-10-11/h8-10,12H,5-7H2,1-4H3,(H2,17,18). The summed E-state index contributed by atoms with van der Waals surface area (Å²) in [6.45, 7) is 9.06. The van der Waals surface area contributed by atoms with Crippen LogP contribution in [0.15, 0.2) is 18.3 Å². The number of hydrogen-bond donors (Lipinski definition) is 1. The molecule has 2 aromatic rings. The van der Waals surface area contributed by atoms with Crippen LogP contribution >= 0.6 is 11.3 Å². The third kappa shape index (κ3) is 4.00. The Kier molecular flexibility index (Phi) is 4.93. The maximum atomic E-state index is 5.63. The molecule has 114 valence electrons. The average Bonchev–Trinajstić information content (AvgIpc) is 2.88. The predicted molar refractivity (Wildman–Crippen MR) is 89.3 cm³/mol. The summed E-state index contributed by atoms with van der Waals surface area (Å²) in [5, 5.41) is 10.8. The quantitative estimate of drug-likeness (QED) is 0.883. The van der Waals surface area contributed by atoms with Crippen molar-refractivity contribution in [3.8, 4) is 10.6 Å². The van der Waals surface area contributed by atoms with E-state index >= 15 is 0 Å². The first-order chi connectivity index (χ1) is 9.91. The lowest BCUT2D eigenvalue weighted by Crippen LogP contribution is -2.18. The first-order valence-corrected chi connectivity index (χ1v) is 8.28. The Morgan fingerprint density at radius 3 is 2.57 bits per heavy atom. The molecule has 4 nitrogen and oxygen atoms in total. The van der Waals surface area contributed by atoms with E-state index in [1.165, 1.54) is 12.8 Å². The summed E-state index contributed by atoms with van der Waals surface area (Å²) in [6, 6.07) is 3.75. The van der Waals surface area contributed by atoms with Crippen molar-refractivity contribution in [3.05, 3.63) is 23.3 Å². The average molecular weight is 304 g/mol. The minimum Gasteiger partial charge on any atom is -0.384 e. The van der Waals surface area contributed by atoms with Gasteiger partial charge in [0.25, 0.3) is 0 Å². The van der Waals surface area contributed by atoms with Crippen LogP contribution in [0.25, 0.3) is 10.6 Å². The summed E-state index contributed by atoms with van der Waals surface area (Å²) in [6.07, 6.45) is 5.35. The van der Waals surface area contributed by atoms with E-state index < -0.39 is 0 Å². The van der Waals surface area contributed by atoms with Crippen molar-refractivity contribution in [2.75, 3.05) is 5.73 Å². The molecular weight excluding hydrogens is 280 g/mol. The summed E-state index contributed by atoms with van der Waals surface area (Å²) in [4.78, 5) is 4.12. The van der Waals surface area contributed by atoms with E-state index in [0.717, 1.165) is 22.0 Å². The van der Waals surface area contributed by atoms with Crippen molar-refractivity contribution < 1.29 is 0 Å². The van der Waals surface area contributed by atoms with Gasteiger partial charge in [-0.25, -0.2) is 4.98 Å². The first kappa shape index (κ1) is 15.9. The molecule has 0 aliphatic carbocycles. The van der Waals surface area contributed by atoms with Crippen LogP contribution in [0.5, 0.6) is 0 Å². The number of anilines is 1. The molecule has 5 heteroatoms. The summed E-state index contributed by atoms with van der Waals surface area (Å²) in [7, 11) is 0. The predicted octanol–water partition coefficient (Wildman–Crippen LogP) is 4.50. The maximum Gasteiger partial charge on any atom is 0.149 e. The van der Waals surface area contributed by atoms with Gasteiger partial charge in [0, 0.05) is 17.7 Å². The van der Waals surface area contributed by atoms with Crippen LogP contribution in [-0.2, 0) is 0 Å². The molecule has 0 spiro atoms. The molecule has 0 amide bonds. The smallest absolute Gasteiger partial charge is 0.149 e. The largest absolute Gasteiger partial charge is 0.384 e. The van der Waals surface area contributed by atoms with Crippen molar-refractivity contribution in [1.29, 1.82) is 0 Å². The van der Waals surface area contributed by atoms with E-state index in [9.17, 15) is 0 Å². The van der Waals surface area contributed by atoms with E-state index in [2.05, 4.69) is 42.9 Å². The zero-order valence-corrected chi connectivity index (χ0v) is 14.1. The molecule has 0 saturated heterocycles. The van der Waals surface area contributed by atoms with Gasteiger partial charge in [0.15, 0.2) is 0 Å². The Labute approximate surface area is 130 Å². The number of rotatable bonds is 5. The second-order valence-corrected chi connectivity index (χ2v) is 7.49. The van der Waals surface area contributed by atoms with Crippen molar-refractivity contribution in [2.24, 2.45) is 5.41 Å². The van der Waals surface area contributed by atoms with E-state index in [1.54, 1.807) is 23.6 Å². The minimum absolute atomic E-state index is 0.200. The monoisotopic (exact) mass is 304 g/mol. The Hall–Kier alpha value is -1.49. The van der Waals surface area contributed by atoms with Gasteiger partial charge >= 0.3 is 0 Å². The number of nitrogens with zero attached hydrogens (tertiary/aromatic N) is 3. The van der Waals surface area contributed by atoms with Crippen molar-refractivity contribution >= 4 is 17.2 Å². The van der Waals surface area contributed by atoms with E-state index in [1.807, 2.05) is 6.07 Å². The molecule has 2 N–H and O–H groups in total. The topological polar surface area (TPSA) is 64.7 Å². The molecule has 2 heterocycles. The van der Waals surface area contributed by atoms with Crippen LogP contribution in [0.1, 0.15) is 57.9 Å². The molecule has 0 aliphatic heterocycles. The van der Waals surface area contributed by atoms with Crippen molar-refractivity contribution in [2.45, 2.75) is 52.9 Å². The molecule has 0 saturated carbocycles. The highest BCUT2D eigenvalue weighted by atomic mass is 32.1. The highest BCUT2D eigenvalue weighted by Crippen LogP contribution is 2.41. The van der Waals surface area contributed by atoms with Crippen LogP contribution in [-0.4, -0.2) is 15.2 Å². The highest BCUT2D eigenvalue weighted by Gasteiger charge is 2.29. The molecular formula is C16H24N4S.